The summed E-state index contributed by atoms with van der Waals surface area (Å²) in [5, 5.41) is 8.35. The predicted octanol–water partition coefficient (Wildman–Crippen LogP) is 5.55. The van der Waals surface area contributed by atoms with Crippen LogP contribution in [-0.2, 0) is 10.2 Å². The lowest BCUT2D eigenvalue weighted by Crippen LogP contribution is -2.17. The molecule has 0 saturated heterocycles. The monoisotopic (exact) mass is 399 g/mol. The van der Waals surface area contributed by atoms with Crippen molar-refractivity contribution in [2.75, 3.05) is 11.1 Å². The van der Waals surface area contributed by atoms with Crippen LogP contribution in [-0.4, -0.2) is 21.4 Å². The summed E-state index contributed by atoms with van der Waals surface area (Å²) in [5.41, 5.74) is 1.70. The van der Waals surface area contributed by atoms with Crippen molar-refractivity contribution in [3.05, 3.63) is 71.4 Å². The second-order valence-electron chi connectivity index (χ2n) is 7.18. The number of nitrogens with one attached hydrogen (secondary N) is 1. The van der Waals surface area contributed by atoms with Gasteiger partial charge in [-0.1, -0.05) is 62.7 Å². The Morgan fingerprint density at radius 3 is 2.44 bits per heavy atom. The smallest absolute Gasteiger partial charge is 0.235 e. The Morgan fingerprint density at radius 1 is 1.11 bits per heavy atom. The zero-order chi connectivity index (χ0) is 19.4. The Labute approximate surface area is 168 Å². The minimum Gasteiger partial charge on any atom is -0.310 e. The van der Waals surface area contributed by atoms with Crippen LogP contribution in [0.3, 0.4) is 0 Å². The summed E-state index contributed by atoms with van der Waals surface area (Å²) in [5.74, 6) is 0.836. The van der Waals surface area contributed by atoms with Gasteiger partial charge in [-0.25, -0.2) is 4.68 Å². The molecule has 0 aliphatic heterocycles. The Morgan fingerprint density at radius 2 is 1.78 bits per heavy atom. The lowest BCUT2D eigenvalue weighted by molar-refractivity contribution is -0.113. The largest absolute Gasteiger partial charge is 0.310 e. The average molecular weight is 400 g/mol. The van der Waals surface area contributed by atoms with Gasteiger partial charge in [0.25, 0.3) is 0 Å². The fourth-order valence-corrected chi connectivity index (χ4v) is 3.53. The van der Waals surface area contributed by atoms with Crippen molar-refractivity contribution in [2.45, 2.75) is 31.1 Å². The van der Waals surface area contributed by atoms with Crippen molar-refractivity contribution in [1.82, 2.24) is 9.78 Å². The normalized spacial score (nSPS) is 11.4. The summed E-state index contributed by atoms with van der Waals surface area (Å²) < 4.78 is 1.78. The van der Waals surface area contributed by atoms with E-state index in [1.807, 2.05) is 60.7 Å². The van der Waals surface area contributed by atoms with E-state index >= 15 is 0 Å². The summed E-state index contributed by atoms with van der Waals surface area (Å²) >= 11 is 7.57. The minimum absolute atomic E-state index is 0.0996. The van der Waals surface area contributed by atoms with Crippen molar-refractivity contribution in [3.8, 4) is 5.69 Å². The van der Waals surface area contributed by atoms with Gasteiger partial charge < -0.3 is 5.32 Å². The SMILES string of the molecule is CC(C)(C)c1cc(NC(=O)CSc2ccccc2Cl)n(-c2ccccc2)n1. The first-order valence-corrected chi connectivity index (χ1v) is 10.0. The quantitative estimate of drug-likeness (QED) is 0.572. The van der Waals surface area contributed by atoms with E-state index in [0.717, 1.165) is 16.3 Å². The van der Waals surface area contributed by atoms with Gasteiger partial charge in [0.1, 0.15) is 5.82 Å². The van der Waals surface area contributed by atoms with Crippen LogP contribution in [0.5, 0.6) is 0 Å². The van der Waals surface area contributed by atoms with Gasteiger partial charge in [0, 0.05) is 16.4 Å². The molecule has 3 rings (SSSR count). The van der Waals surface area contributed by atoms with Gasteiger partial charge in [0.05, 0.1) is 22.2 Å². The van der Waals surface area contributed by atoms with Crippen LogP contribution in [0.1, 0.15) is 26.5 Å². The number of thioether (sulfide) groups is 1. The highest BCUT2D eigenvalue weighted by Gasteiger charge is 2.21. The number of hydrogen-bond donors (Lipinski definition) is 1. The molecule has 0 spiro atoms. The third kappa shape index (κ3) is 4.93. The number of anilines is 1. The topological polar surface area (TPSA) is 46.9 Å². The number of hydrogen-bond acceptors (Lipinski definition) is 3. The first-order valence-electron chi connectivity index (χ1n) is 8.68. The van der Waals surface area contributed by atoms with Crippen LogP contribution in [0.15, 0.2) is 65.6 Å². The van der Waals surface area contributed by atoms with E-state index in [-0.39, 0.29) is 17.1 Å². The zero-order valence-corrected chi connectivity index (χ0v) is 17.1. The van der Waals surface area contributed by atoms with E-state index in [2.05, 4.69) is 26.1 Å². The molecule has 6 heteroatoms. The third-order valence-electron chi connectivity index (χ3n) is 3.94. The highest BCUT2D eigenvalue weighted by Crippen LogP contribution is 2.28. The average Bonchev–Trinajstić information content (AvgIpc) is 3.06. The molecule has 1 amide bonds. The molecular weight excluding hydrogens is 378 g/mol. The van der Waals surface area contributed by atoms with Crippen LogP contribution < -0.4 is 5.32 Å². The van der Waals surface area contributed by atoms with Gasteiger partial charge in [-0.2, -0.15) is 5.10 Å². The molecule has 1 N–H and O–H groups in total. The van der Waals surface area contributed by atoms with Crippen LogP contribution >= 0.6 is 23.4 Å². The summed E-state index contributed by atoms with van der Waals surface area (Å²) in [4.78, 5) is 13.4. The summed E-state index contributed by atoms with van der Waals surface area (Å²) in [6.45, 7) is 6.30. The molecule has 1 aromatic heterocycles. The minimum atomic E-state index is -0.119. The fourth-order valence-electron chi connectivity index (χ4n) is 2.49. The van der Waals surface area contributed by atoms with E-state index in [0.29, 0.717) is 10.8 Å². The van der Waals surface area contributed by atoms with Gasteiger partial charge in [-0.3, -0.25) is 4.79 Å². The van der Waals surface area contributed by atoms with Crippen molar-refractivity contribution in [1.29, 1.82) is 0 Å². The third-order valence-corrected chi connectivity index (χ3v) is 5.46. The second kappa shape index (κ2) is 8.19. The van der Waals surface area contributed by atoms with Crippen LogP contribution in [0.4, 0.5) is 5.82 Å². The second-order valence-corrected chi connectivity index (χ2v) is 8.60. The number of halogens is 1. The first kappa shape index (κ1) is 19.5. The van der Waals surface area contributed by atoms with Crippen molar-refractivity contribution in [2.24, 2.45) is 0 Å². The van der Waals surface area contributed by atoms with Gasteiger partial charge >= 0.3 is 0 Å². The summed E-state index contributed by atoms with van der Waals surface area (Å²) in [7, 11) is 0. The highest BCUT2D eigenvalue weighted by atomic mass is 35.5. The Balaban J connectivity index is 1.80. The maximum absolute atomic E-state index is 12.5. The van der Waals surface area contributed by atoms with Crippen molar-refractivity contribution < 1.29 is 4.79 Å². The molecule has 0 fully saturated rings. The van der Waals surface area contributed by atoms with Crippen LogP contribution in [0.25, 0.3) is 5.69 Å². The highest BCUT2D eigenvalue weighted by molar-refractivity contribution is 8.00. The molecule has 3 aromatic rings. The molecule has 140 valence electrons. The van der Waals surface area contributed by atoms with E-state index in [4.69, 9.17) is 16.7 Å². The molecule has 0 radical (unpaired) electrons. The molecule has 0 saturated carbocycles. The molecule has 27 heavy (non-hydrogen) atoms. The molecule has 0 atom stereocenters. The molecule has 0 aliphatic rings. The number of amides is 1. The number of nitrogens with zero attached hydrogens (tertiary/aromatic N) is 2. The number of benzene rings is 2. The van der Waals surface area contributed by atoms with E-state index in [9.17, 15) is 4.79 Å². The van der Waals surface area contributed by atoms with Gasteiger partial charge in [0.15, 0.2) is 0 Å². The van der Waals surface area contributed by atoms with E-state index in [1.54, 1.807) is 4.68 Å². The fraction of sp³-hybridized carbons (Fsp3) is 0.238. The van der Waals surface area contributed by atoms with E-state index in [1.165, 1.54) is 11.8 Å². The zero-order valence-electron chi connectivity index (χ0n) is 15.6. The molecule has 0 bridgehead atoms. The maximum atomic E-state index is 12.5. The van der Waals surface area contributed by atoms with E-state index < -0.39 is 0 Å². The Hall–Kier alpha value is -2.24. The summed E-state index contributed by atoms with van der Waals surface area (Å²) in [6.07, 6.45) is 0. The van der Waals surface area contributed by atoms with Gasteiger partial charge in [0.2, 0.25) is 5.91 Å². The molecule has 0 unspecified atom stereocenters. The maximum Gasteiger partial charge on any atom is 0.235 e. The lowest BCUT2D eigenvalue weighted by atomic mass is 9.92. The number of aromatic nitrogens is 2. The molecule has 0 aliphatic carbocycles. The molecule has 4 nitrogen and oxygen atoms in total. The standard InChI is InChI=1S/C21H22ClN3OS/c1-21(2,3)18-13-19(25(24-18)15-9-5-4-6-10-15)23-20(26)14-27-17-12-8-7-11-16(17)22/h4-13H,14H2,1-3H3,(H,23,26). The molecular formula is C21H22ClN3OS. The van der Waals surface area contributed by atoms with Crippen LogP contribution in [0, 0.1) is 0 Å². The number of para-hydroxylation sites is 1. The van der Waals surface area contributed by atoms with Crippen molar-refractivity contribution in [3.63, 3.8) is 0 Å². The number of carbonyl (C=O) groups excluding carboxylic acids is 1. The van der Waals surface area contributed by atoms with Gasteiger partial charge in [-0.15, -0.1) is 11.8 Å². The summed E-state index contributed by atoms with van der Waals surface area (Å²) in [6, 6.07) is 19.2. The lowest BCUT2D eigenvalue weighted by Gasteiger charge is -2.14. The number of rotatable bonds is 5. The molecule has 2 aromatic carbocycles. The van der Waals surface area contributed by atoms with Gasteiger partial charge in [-0.05, 0) is 24.3 Å². The Bertz CT molecular complexity index is 932. The van der Waals surface area contributed by atoms with Crippen LogP contribution in [0.2, 0.25) is 5.02 Å². The Kier molecular flexibility index (Phi) is 5.92. The number of carbonyl (C=O) groups is 1. The molecule has 1 heterocycles. The first-order chi connectivity index (χ1) is 12.8. The predicted molar refractivity (Wildman–Crippen MR) is 113 cm³/mol. The van der Waals surface area contributed by atoms with Crippen molar-refractivity contribution >= 4 is 35.1 Å².